The van der Waals surface area contributed by atoms with Crippen molar-refractivity contribution in [2.75, 3.05) is 38.6 Å². The normalized spacial score (nSPS) is 23.1. The Balaban J connectivity index is 2.12. The molecular weight excluding hydrogens is 312 g/mol. The summed E-state index contributed by atoms with van der Waals surface area (Å²) < 4.78 is 0. The number of likely N-dealkylation sites (N-methyl/N-ethyl adjacent to an activating group) is 1. The summed E-state index contributed by atoms with van der Waals surface area (Å²) in [5.41, 5.74) is 1.45. The molecular formula is C17H27BrN2. The van der Waals surface area contributed by atoms with E-state index in [4.69, 9.17) is 0 Å². The van der Waals surface area contributed by atoms with Gasteiger partial charge in [0.05, 0.1) is 0 Å². The lowest BCUT2D eigenvalue weighted by Crippen LogP contribution is -2.48. The molecule has 0 aromatic heterocycles. The van der Waals surface area contributed by atoms with Crippen molar-refractivity contribution in [2.45, 2.75) is 19.9 Å². The van der Waals surface area contributed by atoms with Crippen molar-refractivity contribution >= 4 is 15.9 Å². The van der Waals surface area contributed by atoms with Crippen LogP contribution in [0.5, 0.6) is 0 Å². The SMILES string of the molecule is CC(C)C(CBr)CN1CCN(C)CC1c1ccccc1. The van der Waals surface area contributed by atoms with Gasteiger partial charge in [-0.2, -0.15) is 0 Å². The zero-order valence-corrected chi connectivity index (χ0v) is 14.5. The third kappa shape index (κ3) is 4.06. The Bertz CT molecular complexity index is 393. The molecule has 1 aromatic rings. The minimum atomic E-state index is 0.537. The summed E-state index contributed by atoms with van der Waals surface area (Å²) in [6.45, 7) is 9.34. The standard InChI is InChI=1S/C17H27BrN2/c1-14(2)16(11-18)12-20-10-9-19(3)13-17(20)15-7-5-4-6-8-15/h4-8,14,16-17H,9-13H2,1-3H3. The van der Waals surface area contributed by atoms with Crippen LogP contribution in [0.3, 0.4) is 0 Å². The van der Waals surface area contributed by atoms with Crippen LogP contribution in [-0.4, -0.2) is 48.4 Å². The van der Waals surface area contributed by atoms with Gasteiger partial charge in [0.25, 0.3) is 0 Å². The number of hydrogen-bond acceptors (Lipinski definition) is 2. The fourth-order valence-electron chi connectivity index (χ4n) is 2.91. The van der Waals surface area contributed by atoms with Gasteiger partial charge in [0.2, 0.25) is 0 Å². The molecule has 0 amide bonds. The summed E-state index contributed by atoms with van der Waals surface area (Å²) in [4.78, 5) is 5.13. The lowest BCUT2D eigenvalue weighted by molar-refractivity contribution is 0.0715. The fraction of sp³-hybridized carbons (Fsp3) is 0.647. The molecule has 1 aliphatic rings. The van der Waals surface area contributed by atoms with Crippen molar-refractivity contribution in [3.63, 3.8) is 0 Å². The molecule has 2 atom stereocenters. The van der Waals surface area contributed by atoms with Gasteiger partial charge in [0, 0.05) is 37.6 Å². The molecule has 2 nitrogen and oxygen atoms in total. The topological polar surface area (TPSA) is 6.48 Å². The van der Waals surface area contributed by atoms with E-state index in [1.807, 2.05) is 0 Å². The van der Waals surface area contributed by atoms with Crippen molar-refractivity contribution in [3.8, 4) is 0 Å². The highest BCUT2D eigenvalue weighted by molar-refractivity contribution is 9.09. The first-order valence-corrected chi connectivity index (χ1v) is 8.77. The van der Waals surface area contributed by atoms with E-state index < -0.39 is 0 Å². The average molecular weight is 339 g/mol. The van der Waals surface area contributed by atoms with Crippen LogP contribution in [0, 0.1) is 11.8 Å². The minimum absolute atomic E-state index is 0.537. The monoisotopic (exact) mass is 338 g/mol. The molecule has 1 saturated heterocycles. The van der Waals surface area contributed by atoms with Crippen LogP contribution in [0.4, 0.5) is 0 Å². The van der Waals surface area contributed by atoms with Gasteiger partial charge in [-0.1, -0.05) is 60.1 Å². The lowest BCUT2D eigenvalue weighted by Gasteiger charge is -2.42. The summed E-state index contributed by atoms with van der Waals surface area (Å²) >= 11 is 3.69. The first-order valence-electron chi connectivity index (χ1n) is 7.65. The molecule has 1 aliphatic heterocycles. The van der Waals surface area contributed by atoms with Gasteiger partial charge in [-0.25, -0.2) is 0 Å². The summed E-state index contributed by atoms with van der Waals surface area (Å²) in [6.07, 6.45) is 0. The minimum Gasteiger partial charge on any atom is -0.303 e. The molecule has 0 saturated carbocycles. The highest BCUT2D eigenvalue weighted by atomic mass is 79.9. The Morgan fingerprint density at radius 1 is 1.20 bits per heavy atom. The number of hydrogen-bond donors (Lipinski definition) is 0. The predicted molar refractivity (Wildman–Crippen MR) is 90.4 cm³/mol. The van der Waals surface area contributed by atoms with E-state index in [0.29, 0.717) is 6.04 Å². The number of rotatable bonds is 5. The third-order valence-electron chi connectivity index (χ3n) is 4.49. The maximum atomic E-state index is 3.69. The Kier molecular flexibility index (Phi) is 6.06. The van der Waals surface area contributed by atoms with Crippen LogP contribution >= 0.6 is 15.9 Å². The van der Waals surface area contributed by atoms with Crippen molar-refractivity contribution in [1.82, 2.24) is 9.80 Å². The summed E-state index contributed by atoms with van der Waals surface area (Å²) in [5.74, 6) is 1.45. The molecule has 1 heterocycles. The largest absolute Gasteiger partial charge is 0.303 e. The second-order valence-corrected chi connectivity index (χ2v) is 6.99. The Morgan fingerprint density at radius 3 is 2.50 bits per heavy atom. The zero-order chi connectivity index (χ0) is 14.5. The van der Waals surface area contributed by atoms with Crippen LogP contribution in [0.25, 0.3) is 0 Å². The average Bonchev–Trinajstić information content (AvgIpc) is 2.46. The number of nitrogens with zero attached hydrogens (tertiary/aromatic N) is 2. The number of benzene rings is 1. The number of halogens is 1. The van der Waals surface area contributed by atoms with Crippen molar-refractivity contribution in [1.29, 1.82) is 0 Å². The van der Waals surface area contributed by atoms with Crippen LogP contribution in [0.15, 0.2) is 30.3 Å². The van der Waals surface area contributed by atoms with Gasteiger partial charge in [-0.3, -0.25) is 4.90 Å². The number of piperazine rings is 1. The second kappa shape index (κ2) is 7.58. The molecule has 1 aromatic carbocycles. The first-order chi connectivity index (χ1) is 9.61. The summed E-state index contributed by atoms with van der Waals surface area (Å²) in [7, 11) is 2.23. The molecule has 0 spiro atoms. The smallest absolute Gasteiger partial charge is 0.0475 e. The second-order valence-electron chi connectivity index (χ2n) is 6.34. The van der Waals surface area contributed by atoms with E-state index in [1.165, 1.54) is 25.2 Å². The van der Waals surface area contributed by atoms with Gasteiger partial charge in [0.15, 0.2) is 0 Å². The lowest BCUT2D eigenvalue weighted by atomic mass is 9.94. The van der Waals surface area contributed by atoms with Gasteiger partial charge in [-0.15, -0.1) is 0 Å². The predicted octanol–water partition coefficient (Wildman–Crippen LogP) is 3.64. The molecule has 2 unspecified atom stereocenters. The van der Waals surface area contributed by atoms with Gasteiger partial charge in [-0.05, 0) is 24.4 Å². The molecule has 1 fully saturated rings. The molecule has 2 rings (SSSR count). The van der Waals surface area contributed by atoms with E-state index in [1.54, 1.807) is 0 Å². The molecule has 0 aliphatic carbocycles. The molecule has 0 bridgehead atoms. The van der Waals surface area contributed by atoms with Crippen LogP contribution < -0.4 is 0 Å². The summed E-state index contributed by atoms with van der Waals surface area (Å²) in [5, 5.41) is 1.10. The van der Waals surface area contributed by atoms with Crippen molar-refractivity contribution in [2.24, 2.45) is 11.8 Å². The van der Waals surface area contributed by atoms with Crippen molar-refractivity contribution < 1.29 is 0 Å². The highest BCUT2D eigenvalue weighted by Crippen LogP contribution is 2.27. The van der Waals surface area contributed by atoms with Gasteiger partial charge < -0.3 is 4.90 Å². The molecule has 20 heavy (non-hydrogen) atoms. The maximum absolute atomic E-state index is 3.69. The Labute approximate surface area is 132 Å². The van der Waals surface area contributed by atoms with E-state index in [0.717, 1.165) is 23.7 Å². The first kappa shape index (κ1) is 16.0. The molecule has 0 N–H and O–H groups in total. The van der Waals surface area contributed by atoms with Gasteiger partial charge in [0.1, 0.15) is 0 Å². The Morgan fingerprint density at radius 2 is 1.90 bits per heavy atom. The quantitative estimate of drug-likeness (QED) is 0.756. The fourth-order valence-corrected chi connectivity index (χ4v) is 3.86. The number of alkyl halides is 1. The summed E-state index contributed by atoms with van der Waals surface area (Å²) in [6, 6.07) is 11.5. The van der Waals surface area contributed by atoms with Crippen LogP contribution in [0.1, 0.15) is 25.5 Å². The Hall–Kier alpha value is -0.380. The highest BCUT2D eigenvalue weighted by Gasteiger charge is 2.28. The van der Waals surface area contributed by atoms with Crippen molar-refractivity contribution in [3.05, 3.63) is 35.9 Å². The molecule has 112 valence electrons. The zero-order valence-electron chi connectivity index (χ0n) is 12.9. The van der Waals surface area contributed by atoms with E-state index >= 15 is 0 Å². The molecule has 0 radical (unpaired) electrons. The van der Waals surface area contributed by atoms with Crippen LogP contribution in [0.2, 0.25) is 0 Å². The van der Waals surface area contributed by atoms with E-state index in [-0.39, 0.29) is 0 Å². The van der Waals surface area contributed by atoms with Gasteiger partial charge >= 0.3 is 0 Å². The van der Waals surface area contributed by atoms with Crippen LogP contribution in [-0.2, 0) is 0 Å². The maximum Gasteiger partial charge on any atom is 0.0475 e. The van der Waals surface area contributed by atoms with E-state index in [9.17, 15) is 0 Å². The van der Waals surface area contributed by atoms with E-state index in [2.05, 4.69) is 77.0 Å². The third-order valence-corrected chi connectivity index (χ3v) is 5.32. The molecule has 3 heteroatoms.